The number of carbonyl (C=O) groups is 2. The minimum Gasteiger partial charge on any atom is -0.460 e. The lowest BCUT2D eigenvalue weighted by molar-refractivity contribution is -0.168. The summed E-state index contributed by atoms with van der Waals surface area (Å²) < 4.78 is 22.9. The van der Waals surface area contributed by atoms with Crippen LogP contribution in [0.2, 0.25) is 0 Å². The second-order valence-corrected chi connectivity index (χ2v) is 5.15. The normalized spacial score (nSPS) is 17.9. The fraction of sp³-hybridized carbons (Fsp3) is 0.846. The van der Waals surface area contributed by atoms with Crippen LogP contribution in [0, 0.1) is 0 Å². The Balaban J connectivity index is 2.26. The summed E-state index contributed by atoms with van der Waals surface area (Å²) in [6, 6.07) is 0. The molecule has 0 aromatic carbocycles. The average Bonchev–Trinajstić information content (AvgIpc) is 2.53. The average molecular weight is 260 g/mol. The number of alkyl halides is 1. The summed E-state index contributed by atoms with van der Waals surface area (Å²) in [5, 5.41) is 0. The van der Waals surface area contributed by atoms with E-state index in [0.29, 0.717) is 0 Å². The third-order valence-electron chi connectivity index (χ3n) is 2.91. The lowest BCUT2D eigenvalue weighted by Crippen LogP contribution is -2.31. The molecule has 1 rings (SSSR count). The maximum atomic E-state index is 13.1. The lowest BCUT2D eigenvalue weighted by Gasteiger charge is -2.16. The van der Waals surface area contributed by atoms with E-state index in [0.717, 1.165) is 39.5 Å². The topological polar surface area (TPSA) is 52.6 Å². The lowest BCUT2D eigenvalue weighted by atomic mass is 10.1. The molecule has 0 aliphatic heterocycles. The molecule has 1 aliphatic carbocycles. The Labute approximate surface area is 107 Å². The largest absolute Gasteiger partial charge is 0.460 e. The fourth-order valence-electron chi connectivity index (χ4n) is 1.88. The Morgan fingerprint density at radius 3 is 2.22 bits per heavy atom. The minimum absolute atomic E-state index is 0.0860. The molecule has 0 heterocycles. The van der Waals surface area contributed by atoms with Crippen LogP contribution >= 0.6 is 0 Å². The van der Waals surface area contributed by atoms with Gasteiger partial charge in [0.05, 0.1) is 0 Å². The first kappa shape index (κ1) is 14.9. The van der Waals surface area contributed by atoms with E-state index in [9.17, 15) is 14.0 Å². The molecule has 5 heteroatoms. The monoisotopic (exact) mass is 260 g/mol. The molecule has 104 valence electrons. The van der Waals surface area contributed by atoms with Crippen molar-refractivity contribution < 1.29 is 23.5 Å². The van der Waals surface area contributed by atoms with Gasteiger partial charge in [-0.05, 0) is 39.5 Å². The summed E-state index contributed by atoms with van der Waals surface area (Å²) in [6.45, 7) is 1.67. The highest BCUT2D eigenvalue weighted by molar-refractivity contribution is 5.81. The van der Waals surface area contributed by atoms with Crippen LogP contribution in [-0.2, 0) is 19.1 Å². The molecule has 0 N–H and O–H groups in total. The molecular formula is C13H21FO4. The van der Waals surface area contributed by atoms with Crippen molar-refractivity contribution in [2.45, 2.75) is 64.1 Å². The molecule has 0 unspecified atom stereocenters. The molecule has 0 aromatic rings. The van der Waals surface area contributed by atoms with Crippen molar-refractivity contribution in [2.24, 2.45) is 0 Å². The Bertz CT molecular complexity index is 288. The molecule has 0 saturated heterocycles. The van der Waals surface area contributed by atoms with Gasteiger partial charge in [-0.25, -0.2) is 14.0 Å². The van der Waals surface area contributed by atoms with Gasteiger partial charge in [0, 0.05) is 0 Å². The van der Waals surface area contributed by atoms with Crippen molar-refractivity contribution in [2.75, 3.05) is 6.61 Å². The van der Waals surface area contributed by atoms with E-state index in [2.05, 4.69) is 4.74 Å². The zero-order valence-electron chi connectivity index (χ0n) is 11.0. The van der Waals surface area contributed by atoms with Gasteiger partial charge in [0.25, 0.3) is 0 Å². The van der Waals surface area contributed by atoms with E-state index in [1.54, 1.807) is 0 Å². The van der Waals surface area contributed by atoms with Gasteiger partial charge in [-0.2, -0.15) is 0 Å². The van der Waals surface area contributed by atoms with Crippen molar-refractivity contribution in [3.05, 3.63) is 0 Å². The van der Waals surface area contributed by atoms with Crippen LogP contribution in [0.5, 0.6) is 0 Å². The van der Waals surface area contributed by atoms with Crippen LogP contribution in [0.4, 0.5) is 4.39 Å². The second-order valence-electron chi connectivity index (χ2n) is 5.15. The van der Waals surface area contributed by atoms with E-state index in [-0.39, 0.29) is 6.10 Å². The molecule has 1 saturated carbocycles. The molecule has 18 heavy (non-hydrogen) atoms. The zero-order chi connectivity index (χ0) is 13.6. The number of carbonyl (C=O) groups excluding carboxylic acids is 2. The summed E-state index contributed by atoms with van der Waals surface area (Å²) >= 11 is 0. The van der Waals surface area contributed by atoms with Gasteiger partial charge in [0.15, 0.2) is 6.61 Å². The first-order valence-electron chi connectivity index (χ1n) is 6.45. The molecule has 0 radical (unpaired) electrons. The molecular weight excluding hydrogens is 239 g/mol. The van der Waals surface area contributed by atoms with Gasteiger partial charge in [-0.15, -0.1) is 0 Å². The summed E-state index contributed by atoms with van der Waals surface area (Å²) in [5.41, 5.74) is -2.08. The predicted molar refractivity (Wildman–Crippen MR) is 63.7 cm³/mol. The number of ether oxygens (including phenoxy) is 2. The van der Waals surface area contributed by atoms with Crippen LogP contribution in [0.25, 0.3) is 0 Å². The standard InChI is InChI=1S/C13H21FO4/c1-13(2,14)12(16)17-9-11(15)18-10-7-5-3-4-6-8-10/h10H,3-9H2,1-2H3. The summed E-state index contributed by atoms with van der Waals surface area (Å²) in [4.78, 5) is 22.5. The van der Waals surface area contributed by atoms with Gasteiger partial charge >= 0.3 is 11.9 Å². The molecule has 0 bridgehead atoms. The van der Waals surface area contributed by atoms with Crippen molar-refractivity contribution >= 4 is 11.9 Å². The highest BCUT2D eigenvalue weighted by Gasteiger charge is 2.29. The fourth-order valence-corrected chi connectivity index (χ4v) is 1.88. The number of rotatable bonds is 4. The zero-order valence-corrected chi connectivity index (χ0v) is 11.0. The van der Waals surface area contributed by atoms with Crippen molar-refractivity contribution in [3.8, 4) is 0 Å². The molecule has 0 atom stereocenters. The number of esters is 2. The molecule has 0 amide bonds. The minimum atomic E-state index is -2.08. The van der Waals surface area contributed by atoms with Crippen molar-refractivity contribution in [3.63, 3.8) is 0 Å². The maximum Gasteiger partial charge on any atom is 0.344 e. The molecule has 0 aromatic heterocycles. The first-order chi connectivity index (χ1) is 8.39. The highest BCUT2D eigenvalue weighted by atomic mass is 19.1. The molecule has 1 aliphatic rings. The summed E-state index contributed by atoms with van der Waals surface area (Å²) in [5.74, 6) is -1.64. The van der Waals surface area contributed by atoms with Crippen molar-refractivity contribution in [1.82, 2.24) is 0 Å². The number of hydrogen-bond acceptors (Lipinski definition) is 4. The third-order valence-corrected chi connectivity index (χ3v) is 2.91. The third kappa shape index (κ3) is 5.47. The molecule has 1 fully saturated rings. The molecule has 4 nitrogen and oxygen atoms in total. The van der Waals surface area contributed by atoms with Gasteiger partial charge in [-0.1, -0.05) is 12.8 Å². The Kier molecular flexibility index (Phi) is 5.56. The van der Waals surface area contributed by atoms with Gasteiger partial charge in [0.2, 0.25) is 5.67 Å². The SMILES string of the molecule is CC(C)(F)C(=O)OCC(=O)OC1CCCCCC1. The smallest absolute Gasteiger partial charge is 0.344 e. The van der Waals surface area contributed by atoms with Crippen LogP contribution < -0.4 is 0 Å². The summed E-state index contributed by atoms with van der Waals surface area (Å²) in [7, 11) is 0. The maximum absolute atomic E-state index is 13.1. The van der Waals surface area contributed by atoms with Crippen LogP contribution in [0.3, 0.4) is 0 Å². The van der Waals surface area contributed by atoms with E-state index in [4.69, 9.17) is 4.74 Å². The first-order valence-corrected chi connectivity index (χ1v) is 6.45. The number of hydrogen-bond donors (Lipinski definition) is 0. The van der Waals surface area contributed by atoms with E-state index < -0.39 is 24.2 Å². The molecule has 0 spiro atoms. The summed E-state index contributed by atoms with van der Waals surface area (Å²) in [6.07, 6.45) is 6.06. The van der Waals surface area contributed by atoms with Crippen LogP contribution in [0.1, 0.15) is 52.4 Å². The number of halogens is 1. The Morgan fingerprint density at radius 1 is 1.17 bits per heavy atom. The van der Waals surface area contributed by atoms with E-state index >= 15 is 0 Å². The van der Waals surface area contributed by atoms with Crippen LogP contribution in [-0.4, -0.2) is 30.3 Å². The van der Waals surface area contributed by atoms with E-state index in [1.807, 2.05) is 0 Å². The van der Waals surface area contributed by atoms with Gasteiger partial charge in [-0.3, -0.25) is 0 Å². The second kappa shape index (κ2) is 6.71. The van der Waals surface area contributed by atoms with Crippen LogP contribution in [0.15, 0.2) is 0 Å². The Hall–Kier alpha value is -1.13. The van der Waals surface area contributed by atoms with E-state index in [1.165, 1.54) is 12.8 Å². The van der Waals surface area contributed by atoms with Gasteiger partial charge in [0.1, 0.15) is 6.10 Å². The highest BCUT2D eigenvalue weighted by Crippen LogP contribution is 2.20. The quantitative estimate of drug-likeness (QED) is 0.576. The van der Waals surface area contributed by atoms with Gasteiger partial charge < -0.3 is 9.47 Å². The predicted octanol–water partition coefficient (Wildman–Crippen LogP) is 2.54. The van der Waals surface area contributed by atoms with Crippen molar-refractivity contribution in [1.29, 1.82) is 0 Å². The Morgan fingerprint density at radius 2 is 1.72 bits per heavy atom.